The van der Waals surface area contributed by atoms with Crippen LogP contribution in [0.3, 0.4) is 0 Å². The first-order valence-corrected chi connectivity index (χ1v) is 5.15. The molecule has 0 unspecified atom stereocenters. The van der Waals surface area contributed by atoms with Gasteiger partial charge in [-0.3, -0.25) is 0 Å². The van der Waals surface area contributed by atoms with E-state index in [1.165, 1.54) is 10.7 Å². The Labute approximate surface area is 97.8 Å². The van der Waals surface area contributed by atoms with Crippen LogP contribution in [0.25, 0.3) is 5.69 Å². The lowest BCUT2D eigenvalue weighted by molar-refractivity contribution is -0.137. The molecule has 2 rings (SSSR count). The maximum Gasteiger partial charge on any atom is 0.416 e. The van der Waals surface area contributed by atoms with Crippen LogP contribution in [-0.4, -0.2) is 9.78 Å². The highest BCUT2D eigenvalue weighted by molar-refractivity contribution is 9.10. The number of hydrogen-bond donors (Lipinski definition) is 0. The summed E-state index contributed by atoms with van der Waals surface area (Å²) in [6.07, 6.45) is -2.75. The second kappa shape index (κ2) is 3.93. The molecule has 1 aromatic heterocycles. The highest BCUT2D eigenvalue weighted by atomic mass is 79.9. The van der Waals surface area contributed by atoms with Crippen LogP contribution >= 0.6 is 15.9 Å². The lowest BCUT2D eigenvalue weighted by atomic mass is 10.2. The van der Waals surface area contributed by atoms with Gasteiger partial charge in [0.05, 0.1) is 11.3 Å². The van der Waals surface area contributed by atoms with Crippen molar-refractivity contribution in [2.75, 3.05) is 0 Å². The lowest BCUT2D eigenvalue weighted by Gasteiger charge is -2.08. The average molecular weight is 291 g/mol. The van der Waals surface area contributed by atoms with E-state index in [4.69, 9.17) is 0 Å². The molecule has 1 heterocycles. The fraction of sp³-hybridized carbons (Fsp3) is 0.100. The number of halogens is 4. The molecule has 0 bridgehead atoms. The van der Waals surface area contributed by atoms with E-state index in [9.17, 15) is 13.2 Å². The van der Waals surface area contributed by atoms with Gasteiger partial charge in [0.2, 0.25) is 0 Å². The van der Waals surface area contributed by atoms with Gasteiger partial charge in [-0.2, -0.15) is 18.3 Å². The van der Waals surface area contributed by atoms with Crippen LogP contribution in [-0.2, 0) is 6.18 Å². The summed E-state index contributed by atoms with van der Waals surface area (Å²) in [5, 5.41) is 3.97. The summed E-state index contributed by atoms with van der Waals surface area (Å²) in [4.78, 5) is 0. The summed E-state index contributed by atoms with van der Waals surface area (Å²) in [5.74, 6) is 0. The fourth-order valence-corrected chi connectivity index (χ4v) is 1.56. The van der Waals surface area contributed by atoms with Crippen molar-refractivity contribution in [3.8, 4) is 5.69 Å². The first-order valence-electron chi connectivity index (χ1n) is 4.35. The third kappa shape index (κ3) is 2.27. The van der Waals surface area contributed by atoms with Crippen LogP contribution in [0.15, 0.2) is 41.1 Å². The summed E-state index contributed by atoms with van der Waals surface area (Å²) in [7, 11) is 0. The molecule has 16 heavy (non-hydrogen) atoms. The molecule has 0 amide bonds. The zero-order valence-electron chi connectivity index (χ0n) is 7.87. The zero-order chi connectivity index (χ0) is 11.8. The van der Waals surface area contributed by atoms with E-state index >= 15 is 0 Å². The quantitative estimate of drug-likeness (QED) is 0.784. The molecule has 6 heteroatoms. The normalized spacial score (nSPS) is 11.8. The Bertz CT molecular complexity index is 505. The van der Waals surface area contributed by atoms with Crippen LogP contribution in [0, 0.1) is 0 Å². The van der Waals surface area contributed by atoms with Crippen LogP contribution in [0.1, 0.15) is 5.56 Å². The van der Waals surface area contributed by atoms with Gasteiger partial charge in [0, 0.05) is 6.20 Å². The minimum absolute atomic E-state index is 0.375. The Morgan fingerprint density at radius 2 is 1.94 bits per heavy atom. The van der Waals surface area contributed by atoms with E-state index in [1.807, 2.05) is 0 Å². The van der Waals surface area contributed by atoms with Crippen LogP contribution in [0.5, 0.6) is 0 Å². The number of benzene rings is 1. The molecule has 0 aliphatic carbocycles. The number of hydrogen-bond acceptors (Lipinski definition) is 1. The van der Waals surface area contributed by atoms with Gasteiger partial charge in [-0.05, 0) is 40.2 Å². The Hall–Kier alpha value is -1.30. The van der Waals surface area contributed by atoms with E-state index in [0.717, 1.165) is 12.1 Å². The number of rotatable bonds is 1. The summed E-state index contributed by atoms with van der Waals surface area (Å²) in [6.45, 7) is 0. The molecular weight excluding hydrogens is 285 g/mol. The van der Waals surface area contributed by atoms with Crippen molar-refractivity contribution in [3.05, 3.63) is 46.7 Å². The second-order valence-corrected chi connectivity index (χ2v) is 3.94. The monoisotopic (exact) mass is 290 g/mol. The number of nitrogens with zero attached hydrogens (tertiary/aromatic N) is 2. The predicted molar refractivity (Wildman–Crippen MR) is 56.3 cm³/mol. The molecule has 0 atom stereocenters. The molecule has 2 aromatic rings. The second-order valence-electron chi connectivity index (χ2n) is 3.13. The highest BCUT2D eigenvalue weighted by Crippen LogP contribution is 2.30. The van der Waals surface area contributed by atoms with Crippen molar-refractivity contribution >= 4 is 15.9 Å². The van der Waals surface area contributed by atoms with Gasteiger partial charge in [-0.1, -0.05) is 6.07 Å². The Kier molecular flexibility index (Phi) is 2.75. The highest BCUT2D eigenvalue weighted by Gasteiger charge is 2.30. The van der Waals surface area contributed by atoms with E-state index < -0.39 is 11.7 Å². The van der Waals surface area contributed by atoms with Gasteiger partial charge in [-0.15, -0.1) is 0 Å². The standard InChI is InChI=1S/C10H6BrF3N2/c11-9-4-5-16(15-9)8-3-1-2-7(6-8)10(12,13)14/h1-6H. The predicted octanol–water partition coefficient (Wildman–Crippen LogP) is 3.65. The summed E-state index contributed by atoms with van der Waals surface area (Å²) >= 11 is 3.13. The van der Waals surface area contributed by atoms with Gasteiger partial charge >= 0.3 is 6.18 Å². The molecule has 0 aliphatic rings. The van der Waals surface area contributed by atoms with E-state index in [2.05, 4.69) is 21.0 Å². The zero-order valence-corrected chi connectivity index (χ0v) is 9.46. The molecular formula is C10H6BrF3N2. The minimum Gasteiger partial charge on any atom is -0.240 e. The topological polar surface area (TPSA) is 17.8 Å². The minimum atomic E-state index is -4.33. The largest absolute Gasteiger partial charge is 0.416 e. The maximum absolute atomic E-state index is 12.4. The smallest absolute Gasteiger partial charge is 0.240 e. The van der Waals surface area contributed by atoms with E-state index in [0.29, 0.717) is 10.3 Å². The first-order chi connectivity index (χ1) is 7.47. The van der Waals surface area contributed by atoms with Crippen molar-refractivity contribution in [1.29, 1.82) is 0 Å². The molecule has 0 aliphatic heterocycles. The van der Waals surface area contributed by atoms with Crippen molar-refractivity contribution in [3.63, 3.8) is 0 Å². The Balaban J connectivity index is 2.44. The maximum atomic E-state index is 12.4. The number of aromatic nitrogens is 2. The molecule has 0 N–H and O–H groups in total. The van der Waals surface area contributed by atoms with Gasteiger partial charge in [0.25, 0.3) is 0 Å². The van der Waals surface area contributed by atoms with Crippen LogP contribution in [0.4, 0.5) is 13.2 Å². The van der Waals surface area contributed by atoms with Crippen molar-refractivity contribution in [2.24, 2.45) is 0 Å². The third-order valence-electron chi connectivity index (χ3n) is 1.99. The SMILES string of the molecule is FC(F)(F)c1cccc(-n2ccc(Br)n2)c1. The Morgan fingerprint density at radius 3 is 2.50 bits per heavy atom. The fourth-order valence-electron chi connectivity index (χ4n) is 1.27. The molecule has 0 saturated carbocycles. The molecule has 0 spiro atoms. The summed E-state index contributed by atoms with van der Waals surface area (Å²) in [6, 6.07) is 6.66. The molecule has 1 aromatic carbocycles. The van der Waals surface area contributed by atoms with Gasteiger partial charge in [-0.25, -0.2) is 4.68 Å². The summed E-state index contributed by atoms with van der Waals surface area (Å²) < 4.78 is 39.3. The average Bonchev–Trinajstić information content (AvgIpc) is 2.64. The molecule has 0 radical (unpaired) electrons. The first kappa shape index (κ1) is 11.2. The van der Waals surface area contributed by atoms with Crippen molar-refractivity contribution in [1.82, 2.24) is 9.78 Å². The third-order valence-corrected chi connectivity index (χ3v) is 2.42. The molecule has 2 nitrogen and oxygen atoms in total. The lowest BCUT2D eigenvalue weighted by Crippen LogP contribution is -2.06. The Morgan fingerprint density at radius 1 is 1.19 bits per heavy atom. The molecule has 84 valence electrons. The van der Waals surface area contributed by atoms with E-state index in [1.54, 1.807) is 18.3 Å². The molecule has 0 fully saturated rings. The van der Waals surface area contributed by atoms with E-state index in [-0.39, 0.29) is 0 Å². The van der Waals surface area contributed by atoms with Crippen molar-refractivity contribution < 1.29 is 13.2 Å². The molecule has 0 saturated heterocycles. The summed E-state index contributed by atoms with van der Waals surface area (Å²) in [5.41, 5.74) is -0.308. The van der Waals surface area contributed by atoms with Gasteiger partial charge in [0.1, 0.15) is 4.60 Å². The van der Waals surface area contributed by atoms with Gasteiger partial charge in [0.15, 0.2) is 0 Å². The van der Waals surface area contributed by atoms with Crippen molar-refractivity contribution in [2.45, 2.75) is 6.18 Å². The van der Waals surface area contributed by atoms with Crippen LogP contribution < -0.4 is 0 Å². The number of alkyl halides is 3. The van der Waals surface area contributed by atoms with Gasteiger partial charge < -0.3 is 0 Å². The van der Waals surface area contributed by atoms with Crippen LogP contribution in [0.2, 0.25) is 0 Å².